The molecule has 2 aliphatic rings. The largest absolute Gasteiger partial charge is 0.338 e. The van der Waals surface area contributed by atoms with Crippen molar-refractivity contribution in [2.45, 2.75) is 45.7 Å². The number of amidine groups is 1. The van der Waals surface area contributed by atoms with E-state index in [1.165, 1.54) is 5.56 Å². The van der Waals surface area contributed by atoms with Gasteiger partial charge < -0.3 is 15.5 Å². The van der Waals surface area contributed by atoms with Crippen molar-refractivity contribution in [3.63, 3.8) is 0 Å². The highest BCUT2D eigenvalue weighted by Gasteiger charge is 2.35. The summed E-state index contributed by atoms with van der Waals surface area (Å²) in [4.78, 5) is 14.6. The molecule has 2 atom stereocenters. The fourth-order valence-corrected chi connectivity index (χ4v) is 4.26. The molecule has 2 aromatic rings. The van der Waals surface area contributed by atoms with Gasteiger partial charge in [-0.3, -0.25) is 5.43 Å². The number of carbonyl (C=O) groups is 1. The van der Waals surface area contributed by atoms with Crippen LogP contribution >= 0.6 is 0 Å². The van der Waals surface area contributed by atoms with Gasteiger partial charge >= 0.3 is 6.03 Å². The molecular formula is C25H30N6O. The second-order valence-electron chi connectivity index (χ2n) is 8.99. The number of hydrogen-bond donors (Lipinski definition) is 3. The molecule has 7 heteroatoms. The molecule has 2 heterocycles. The Morgan fingerprint density at radius 1 is 1.28 bits per heavy atom. The summed E-state index contributed by atoms with van der Waals surface area (Å²) in [7, 11) is 0. The number of carbonyl (C=O) groups excluding carboxylic acids is 1. The van der Waals surface area contributed by atoms with Crippen molar-refractivity contribution in [2.75, 3.05) is 18.4 Å². The maximum atomic E-state index is 12.2. The number of aryl methyl sites for hydroxylation is 1. The van der Waals surface area contributed by atoms with Crippen LogP contribution in [-0.4, -0.2) is 36.0 Å². The van der Waals surface area contributed by atoms with Gasteiger partial charge in [-0.25, -0.2) is 4.79 Å². The lowest BCUT2D eigenvalue weighted by molar-refractivity contribution is 0.213. The number of nitrogens with zero attached hydrogens (tertiary/aromatic N) is 3. The van der Waals surface area contributed by atoms with E-state index >= 15 is 0 Å². The maximum absolute atomic E-state index is 12.2. The Kier molecular flexibility index (Phi) is 6.31. The van der Waals surface area contributed by atoms with E-state index in [2.05, 4.69) is 64.2 Å². The van der Waals surface area contributed by atoms with E-state index in [9.17, 15) is 4.79 Å². The SMILES string of the molecule is Cc1ccc(C2=NNC3CC(c4ccc(C#N)cc4)CCN23)cc1NC(=O)NCC(C)C. The predicted octanol–water partition coefficient (Wildman–Crippen LogP) is 4.11. The molecule has 1 fully saturated rings. The third-order valence-electron chi connectivity index (χ3n) is 6.12. The molecule has 7 nitrogen and oxygen atoms in total. The van der Waals surface area contributed by atoms with Crippen LogP contribution in [0.4, 0.5) is 10.5 Å². The monoisotopic (exact) mass is 430 g/mol. The van der Waals surface area contributed by atoms with Crippen molar-refractivity contribution in [3.8, 4) is 6.07 Å². The molecule has 0 bridgehead atoms. The van der Waals surface area contributed by atoms with Gasteiger partial charge in [-0.05, 0) is 60.9 Å². The van der Waals surface area contributed by atoms with Gasteiger partial charge in [0.25, 0.3) is 0 Å². The van der Waals surface area contributed by atoms with Crippen molar-refractivity contribution in [3.05, 3.63) is 64.7 Å². The van der Waals surface area contributed by atoms with E-state index in [4.69, 9.17) is 5.26 Å². The zero-order chi connectivity index (χ0) is 22.7. The number of fused-ring (bicyclic) bond motifs is 1. The molecule has 0 aromatic heterocycles. The Hall–Kier alpha value is -3.53. The van der Waals surface area contributed by atoms with Crippen LogP contribution in [0, 0.1) is 24.2 Å². The zero-order valence-corrected chi connectivity index (χ0v) is 18.9. The highest BCUT2D eigenvalue weighted by molar-refractivity contribution is 6.01. The van der Waals surface area contributed by atoms with Crippen LogP contribution in [0.1, 0.15) is 54.9 Å². The smallest absolute Gasteiger partial charge is 0.319 e. The van der Waals surface area contributed by atoms with E-state index in [1.54, 1.807) is 0 Å². The van der Waals surface area contributed by atoms with Crippen LogP contribution in [0.15, 0.2) is 47.6 Å². The molecule has 2 amide bonds. The molecule has 1 saturated heterocycles. The lowest BCUT2D eigenvalue weighted by Gasteiger charge is -2.36. The molecule has 2 aromatic carbocycles. The van der Waals surface area contributed by atoms with Gasteiger partial charge in [0, 0.05) is 24.3 Å². The van der Waals surface area contributed by atoms with E-state index in [0.29, 0.717) is 23.9 Å². The van der Waals surface area contributed by atoms with Crippen LogP contribution in [0.25, 0.3) is 0 Å². The van der Waals surface area contributed by atoms with Crippen molar-refractivity contribution in [2.24, 2.45) is 11.0 Å². The van der Waals surface area contributed by atoms with Gasteiger partial charge in [-0.2, -0.15) is 10.4 Å². The number of benzene rings is 2. The van der Waals surface area contributed by atoms with Crippen LogP contribution in [0.5, 0.6) is 0 Å². The Morgan fingerprint density at radius 3 is 2.78 bits per heavy atom. The molecule has 166 valence electrons. The van der Waals surface area contributed by atoms with E-state index in [-0.39, 0.29) is 12.2 Å². The fraction of sp³-hybridized carbons (Fsp3) is 0.400. The molecule has 32 heavy (non-hydrogen) atoms. The summed E-state index contributed by atoms with van der Waals surface area (Å²) >= 11 is 0. The number of rotatable bonds is 5. The first-order valence-electron chi connectivity index (χ1n) is 11.2. The number of amides is 2. The van der Waals surface area contributed by atoms with Gasteiger partial charge in [-0.1, -0.05) is 38.1 Å². The standard InChI is InChI=1S/C25H30N6O/c1-16(2)15-27-25(32)28-22-12-21(7-4-17(22)3)24-30-29-23-13-20(10-11-31(23)24)19-8-5-18(14-26)6-9-19/h4-9,12,16,20,23,29H,10-11,13,15H2,1-3H3,(H2,27,28,32). The van der Waals surface area contributed by atoms with E-state index in [0.717, 1.165) is 42.0 Å². The summed E-state index contributed by atoms with van der Waals surface area (Å²) in [5.74, 6) is 1.75. The number of piperidine rings is 1. The number of urea groups is 1. The summed E-state index contributed by atoms with van der Waals surface area (Å²) in [5, 5.41) is 19.5. The normalized spacial score (nSPS) is 19.6. The van der Waals surface area contributed by atoms with Gasteiger partial charge in [-0.15, -0.1) is 0 Å². The zero-order valence-electron chi connectivity index (χ0n) is 18.9. The minimum atomic E-state index is -0.188. The van der Waals surface area contributed by atoms with Crippen molar-refractivity contribution in [1.29, 1.82) is 5.26 Å². The van der Waals surface area contributed by atoms with Crippen LogP contribution in [-0.2, 0) is 0 Å². The topological polar surface area (TPSA) is 92.6 Å². The summed E-state index contributed by atoms with van der Waals surface area (Å²) in [6.07, 6.45) is 2.12. The molecular weight excluding hydrogens is 400 g/mol. The molecule has 4 rings (SSSR count). The predicted molar refractivity (Wildman–Crippen MR) is 126 cm³/mol. The van der Waals surface area contributed by atoms with Crippen LogP contribution in [0.2, 0.25) is 0 Å². The second kappa shape index (κ2) is 9.31. The lowest BCUT2D eigenvalue weighted by atomic mass is 9.87. The van der Waals surface area contributed by atoms with E-state index in [1.807, 2.05) is 31.2 Å². The van der Waals surface area contributed by atoms with E-state index < -0.39 is 0 Å². The second-order valence-corrected chi connectivity index (χ2v) is 8.99. The molecule has 0 radical (unpaired) electrons. The third kappa shape index (κ3) is 4.70. The maximum Gasteiger partial charge on any atom is 0.319 e. The van der Waals surface area contributed by atoms with Crippen molar-refractivity contribution in [1.82, 2.24) is 15.6 Å². The van der Waals surface area contributed by atoms with Gasteiger partial charge in [0.15, 0.2) is 5.84 Å². The Balaban J connectivity index is 1.43. The molecule has 0 saturated carbocycles. The first-order chi connectivity index (χ1) is 15.4. The Morgan fingerprint density at radius 2 is 2.06 bits per heavy atom. The third-order valence-corrected chi connectivity index (χ3v) is 6.12. The number of hydrogen-bond acceptors (Lipinski definition) is 5. The minimum absolute atomic E-state index is 0.145. The number of hydrazone groups is 1. The quantitative estimate of drug-likeness (QED) is 0.665. The van der Waals surface area contributed by atoms with Crippen molar-refractivity contribution >= 4 is 17.6 Å². The van der Waals surface area contributed by atoms with Crippen LogP contribution in [0.3, 0.4) is 0 Å². The fourth-order valence-electron chi connectivity index (χ4n) is 4.26. The molecule has 0 aliphatic carbocycles. The first kappa shape index (κ1) is 21.7. The minimum Gasteiger partial charge on any atom is -0.338 e. The highest BCUT2D eigenvalue weighted by atomic mass is 16.2. The van der Waals surface area contributed by atoms with Gasteiger partial charge in [0.1, 0.15) is 6.17 Å². The molecule has 0 spiro atoms. The number of nitrogens with one attached hydrogen (secondary N) is 3. The average Bonchev–Trinajstić information content (AvgIpc) is 3.22. The summed E-state index contributed by atoms with van der Waals surface area (Å²) in [6.45, 7) is 7.66. The summed E-state index contributed by atoms with van der Waals surface area (Å²) in [6, 6.07) is 16.0. The number of nitriles is 1. The molecule has 2 aliphatic heterocycles. The molecule has 2 unspecified atom stereocenters. The Bertz CT molecular complexity index is 1050. The van der Waals surface area contributed by atoms with Gasteiger partial charge in [0.05, 0.1) is 11.6 Å². The van der Waals surface area contributed by atoms with Crippen molar-refractivity contribution < 1.29 is 4.79 Å². The number of anilines is 1. The van der Waals surface area contributed by atoms with Gasteiger partial charge in [0.2, 0.25) is 0 Å². The Labute approximate surface area is 189 Å². The van der Waals surface area contributed by atoms with Crippen LogP contribution < -0.4 is 16.1 Å². The first-order valence-corrected chi connectivity index (χ1v) is 11.2. The average molecular weight is 431 g/mol. The summed E-state index contributed by atoms with van der Waals surface area (Å²) < 4.78 is 0. The highest BCUT2D eigenvalue weighted by Crippen LogP contribution is 2.34. The lowest BCUT2D eigenvalue weighted by Crippen LogP contribution is -2.46. The summed E-state index contributed by atoms with van der Waals surface area (Å²) in [5.41, 5.74) is 8.05. The molecule has 3 N–H and O–H groups in total.